The van der Waals surface area contributed by atoms with Crippen molar-refractivity contribution in [1.82, 2.24) is 4.57 Å². The van der Waals surface area contributed by atoms with Crippen molar-refractivity contribution >= 4 is 35.3 Å². The second kappa shape index (κ2) is 10.1. The molecule has 1 aromatic heterocycles. The van der Waals surface area contributed by atoms with Crippen molar-refractivity contribution in [2.45, 2.75) is 26.8 Å². The number of esters is 3. The molecule has 0 saturated carbocycles. The molecule has 0 fully saturated rings. The molecule has 0 N–H and O–H groups in total. The number of aromatic nitrogens is 1. The highest BCUT2D eigenvalue weighted by Crippen LogP contribution is 2.31. The van der Waals surface area contributed by atoms with Gasteiger partial charge in [0, 0.05) is 19.4 Å². The topological polar surface area (TPSA) is 113 Å². The number of carbonyl (C=O) groups is 3. The van der Waals surface area contributed by atoms with Gasteiger partial charge in [-0.25, -0.2) is 9.79 Å². The van der Waals surface area contributed by atoms with Gasteiger partial charge in [0.15, 0.2) is 4.80 Å². The fourth-order valence-corrected chi connectivity index (χ4v) is 4.92. The highest BCUT2D eigenvalue weighted by Gasteiger charge is 2.33. The fourth-order valence-electron chi connectivity index (χ4n) is 3.88. The van der Waals surface area contributed by atoms with E-state index in [1.165, 1.54) is 25.5 Å². The summed E-state index contributed by atoms with van der Waals surface area (Å²) in [5.41, 5.74) is 1.41. The third-order valence-corrected chi connectivity index (χ3v) is 6.33. The number of carbonyl (C=O) groups excluding carboxylic acids is 3. The molecular formula is C26H22N2O7S. The van der Waals surface area contributed by atoms with Gasteiger partial charge < -0.3 is 14.2 Å². The van der Waals surface area contributed by atoms with Crippen molar-refractivity contribution < 1.29 is 28.6 Å². The van der Waals surface area contributed by atoms with Crippen molar-refractivity contribution in [2.24, 2.45) is 4.99 Å². The lowest BCUT2D eigenvalue weighted by Gasteiger charge is -2.24. The van der Waals surface area contributed by atoms with Crippen LogP contribution in [0.1, 0.15) is 37.9 Å². The summed E-state index contributed by atoms with van der Waals surface area (Å²) in [4.78, 5) is 54.1. The van der Waals surface area contributed by atoms with Crippen LogP contribution in [0, 0.1) is 0 Å². The Balaban J connectivity index is 1.91. The number of hydrogen-bond donors (Lipinski definition) is 0. The predicted octanol–water partition coefficient (Wildman–Crippen LogP) is 2.26. The molecule has 36 heavy (non-hydrogen) atoms. The van der Waals surface area contributed by atoms with E-state index >= 15 is 0 Å². The van der Waals surface area contributed by atoms with Crippen LogP contribution in [0.2, 0.25) is 0 Å². The third-order valence-electron chi connectivity index (χ3n) is 5.34. The lowest BCUT2D eigenvalue weighted by Crippen LogP contribution is -2.39. The lowest BCUT2D eigenvalue weighted by molar-refractivity contribution is -0.136. The van der Waals surface area contributed by atoms with Crippen LogP contribution in [0.4, 0.5) is 0 Å². The molecule has 0 saturated heterocycles. The summed E-state index contributed by atoms with van der Waals surface area (Å²) in [6.45, 7) is 4.28. The van der Waals surface area contributed by atoms with E-state index in [2.05, 4.69) is 4.99 Å². The summed E-state index contributed by atoms with van der Waals surface area (Å²) in [5.74, 6) is -0.899. The molecule has 0 amide bonds. The molecule has 2 heterocycles. The summed E-state index contributed by atoms with van der Waals surface area (Å²) < 4.78 is 17.2. The molecule has 3 aromatic rings. The van der Waals surface area contributed by atoms with Crippen molar-refractivity contribution in [3.63, 3.8) is 0 Å². The zero-order chi connectivity index (χ0) is 26.0. The number of fused-ring (bicyclic) bond motifs is 1. The van der Waals surface area contributed by atoms with Crippen LogP contribution < -0.4 is 24.4 Å². The summed E-state index contributed by atoms with van der Waals surface area (Å²) in [6.07, 6.45) is 1.63. The van der Waals surface area contributed by atoms with Gasteiger partial charge in [0.2, 0.25) is 0 Å². The first-order chi connectivity index (χ1) is 17.2. The predicted molar refractivity (Wildman–Crippen MR) is 131 cm³/mol. The first kappa shape index (κ1) is 24.8. The molecule has 2 aromatic carbocycles. The van der Waals surface area contributed by atoms with Crippen LogP contribution in [-0.4, -0.2) is 29.6 Å². The lowest BCUT2D eigenvalue weighted by atomic mass is 9.96. The molecule has 1 aliphatic heterocycles. The van der Waals surface area contributed by atoms with Crippen LogP contribution in [0.5, 0.6) is 11.5 Å². The van der Waals surface area contributed by atoms with Gasteiger partial charge in [-0.3, -0.25) is 19.0 Å². The Morgan fingerprint density at radius 3 is 2.31 bits per heavy atom. The Kier molecular flexibility index (Phi) is 6.98. The maximum Gasteiger partial charge on any atom is 0.338 e. The third kappa shape index (κ3) is 4.89. The second-order valence-corrected chi connectivity index (χ2v) is 8.88. The van der Waals surface area contributed by atoms with Gasteiger partial charge in [-0.15, -0.1) is 0 Å². The summed E-state index contributed by atoms with van der Waals surface area (Å²) in [5, 5.41) is 0. The first-order valence-corrected chi connectivity index (χ1v) is 11.7. The Bertz CT molecular complexity index is 1580. The van der Waals surface area contributed by atoms with Gasteiger partial charge in [0.05, 0.1) is 29.0 Å². The van der Waals surface area contributed by atoms with Crippen molar-refractivity contribution in [3.8, 4) is 11.5 Å². The number of ether oxygens (including phenoxy) is 3. The number of para-hydroxylation sites is 1. The first-order valence-electron chi connectivity index (χ1n) is 10.9. The van der Waals surface area contributed by atoms with E-state index < -0.39 is 23.9 Å². The maximum absolute atomic E-state index is 13.6. The van der Waals surface area contributed by atoms with Crippen LogP contribution >= 0.6 is 11.3 Å². The Morgan fingerprint density at radius 2 is 1.67 bits per heavy atom. The number of methoxy groups -OCH3 is 1. The smallest absolute Gasteiger partial charge is 0.338 e. The monoisotopic (exact) mass is 506 g/mol. The van der Waals surface area contributed by atoms with Gasteiger partial charge >= 0.3 is 17.9 Å². The van der Waals surface area contributed by atoms with Crippen LogP contribution in [0.25, 0.3) is 6.08 Å². The minimum Gasteiger partial charge on any atom is -0.466 e. The molecule has 0 aliphatic carbocycles. The molecule has 0 bridgehead atoms. The van der Waals surface area contributed by atoms with Gasteiger partial charge in [0.25, 0.3) is 5.56 Å². The van der Waals surface area contributed by atoms with Gasteiger partial charge in [-0.1, -0.05) is 41.7 Å². The highest BCUT2D eigenvalue weighted by atomic mass is 32.1. The number of thiazole rings is 1. The van der Waals surface area contributed by atoms with E-state index in [9.17, 15) is 19.2 Å². The maximum atomic E-state index is 13.6. The largest absolute Gasteiger partial charge is 0.466 e. The molecule has 4 rings (SSSR count). The minimum absolute atomic E-state index is 0.219. The number of rotatable bonds is 5. The van der Waals surface area contributed by atoms with E-state index in [0.717, 1.165) is 11.3 Å². The standard InChI is InChI=1S/C26H22N2O7S/c1-14-22(25(32)33-4)23(17-9-11-19(12-10-17)34-15(2)29)28-24(31)21(36-26(28)27-14)13-18-7-5-6-8-20(18)35-16(3)30/h5-13,23H,1-4H3. The molecule has 1 atom stereocenters. The van der Waals surface area contributed by atoms with Gasteiger partial charge in [-0.2, -0.15) is 0 Å². The molecule has 1 unspecified atom stereocenters. The molecule has 0 spiro atoms. The van der Waals surface area contributed by atoms with Crippen LogP contribution in [-0.2, 0) is 19.1 Å². The zero-order valence-electron chi connectivity index (χ0n) is 19.9. The normalized spacial score (nSPS) is 15.1. The molecule has 0 radical (unpaired) electrons. The molecular weight excluding hydrogens is 484 g/mol. The van der Waals surface area contributed by atoms with Crippen LogP contribution in [0.15, 0.2) is 69.6 Å². The average molecular weight is 507 g/mol. The molecule has 9 nitrogen and oxygen atoms in total. The Morgan fingerprint density at radius 1 is 1.00 bits per heavy atom. The molecule has 10 heteroatoms. The number of hydrogen-bond acceptors (Lipinski definition) is 9. The van der Waals surface area contributed by atoms with Gasteiger partial charge in [0.1, 0.15) is 11.5 Å². The second-order valence-electron chi connectivity index (χ2n) is 7.87. The van der Waals surface area contributed by atoms with E-state index in [4.69, 9.17) is 14.2 Å². The summed E-state index contributed by atoms with van der Waals surface area (Å²) in [7, 11) is 1.26. The van der Waals surface area contributed by atoms with E-state index in [-0.39, 0.29) is 11.1 Å². The fraction of sp³-hybridized carbons (Fsp3) is 0.192. The van der Waals surface area contributed by atoms with Crippen molar-refractivity contribution in [3.05, 3.63) is 90.6 Å². The van der Waals surface area contributed by atoms with Gasteiger partial charge in [-0.05, 0) is 36.8 Å². The number of benzene rings is 2. The molecule has 1 aliphatic rings. The highest BCUT2D eigenvalue weighted by molar-refractivity contribution is 7.07. The Labute approximate surface area is 209 Å². The number of allylic oxidation sites excluding steroid dienone is 1. The SMILES string of the molecule is COC(=O)C1=C(C)N=c2sc(=Cc3ccccc3OC(C)=O)c(=O)n2C1c1ccc(OC(C)=O)cc1. The number of nitrogens with zero attached hydrogens (tertiary/aromatic N) is 2. The van der Waals surface area contributed by atoms with Crippen molar-refractivity contribution in [1.29, 1.82) is 0 Å². The minimum atomic E-state index is -0.814. The van der Waals surface area contributed by atoms with E-state index in [0.29, 0.717) is 37.7 Å². The quantitative estimate of drug-likeness (QED) is 0.385. The zero-order valence-corrected chi connectivity index (χ0v) is 20.8. The molecule has 184 valence electrons. The van der Waals surface area contributed by atoms with E-state index in [1.807, 2.05) is 0 Å². The van der Waals surface area contributed by atoms with E-state index in [1.54, 1.807) is 61.5 Å². The van der Waals surface area contributed by atoms with Crippen LogP contribution in [0.3, 0.4) is 0 Å². The Hall–Kier alpha value is -4.31. The summed E-state index contributed by atoms with van der Waals surface area (Å²) in [6, 6.07) is 12.6. The average Bonchev–Trinajstić information content (AvgIpc) is 3.13. The summed E-state index contributed by atoms with van der Waals surface area (Å²) >= 11 is 1.15. The van der Waals surface area contributed by atoms with Crippen molar-refractivity contribution in [2.75, 3.05) is 7.11 Å².